The van der Waals surface area contributed by atoms with Gasteiger partial charge in [-0.05, 0) is 0 Å². The first-order valence-corrected chi connectivity index (χ1v) is 7.33. The van der Waals surface area contributed by atoms with Gasteiger partial charge in [-0.3, -0.25) is 0 Å². The maximum atomic E-state index is 8.62. The zero-order valence-electron chi connectivity index (χ0n) is 6.40. The van der Waals surface area contributed by atoms with Crippen LogP contribution < -0.4 is 165 Å². The molecule has 0 unspecified atom stereocenters. The summed E-state index contributed by atoms with van der Waals surface area (Å²) in [5.74, 6) is 0. The van der Waals surface area contributed by atoms with Crippen molar-refractivity contribution in [1.82, 2.24) is 0 Å². The van der Waals surface area contributed by atoms with Gasteiger partial charge in [0.15, 0.2) is 0 Å². The summed E-state index contributed by atoms with van der Waals surface area (Å²) < 4.78 is 51.6. The Bertz CT molecular complexity index is 120. The van der Waals surface area contributed by atoms with Crippen LogP contribution in [0.1, 0.15) is 0 Å². The fourth-order valence-corrected chi connectivity index (χ4v) is 0. The minimum absolute atomic E-state index is 0. The maximum absolute atomic E-state index is 8.62. The quantitative estimate of drug-likeness (QED) is 0.325. The van der Waals surface area contributed by atoms with Gasteiger partial charge in [-0.15, -0.1) is 0 Å². The van der Waals surface area contributed by atoms with E-state index in [1.807, 2.05) is 0 Å². The molecule has 11 heavy (non-hydrogen) atoms. The van der Waals surface area contributed by atoms with Gasteiger partial charge in [-0.25, -0.2) is 0 Å². The van der Waals surface area contributed by atoms with Crippen LogP contribution in [-0.4, -0.2) is 22.2 Å². The van der Waals surface area contributed by atoms with Crippen LogP contribution in [0.5, 0.6) is 0 Å². The third-order valence-corrected chi connectivity index (χ3v) is 0. The molecular formula is BiK3O6Ti. The summed E-state index contributed by atoms with van der Waals surface area (Å²) in [4.78, 5) is 0. The Labute approximate surface area is 207 Å². The van der Waals surface area contributed by atoms with Gasteiger partial charge in [-0.1, -0.05) is 0 Å². The van der Waals surface area contributed by atoms with E-state index in [0.29, 0.717) is 0 Å². The van der Waals surface area contributed by atoms with Gasteiger partial charge in [0.05, 0.1) is 0 Å². The molecule has 0 saturated carbocycles. The second kappa shape index (κ2) is 24.8. The first-order valence-electron chi connectivity index (χ1n) is 1.16. The fourth-order valence-electron chi connectivity index (χ4n) is 0. The summed E-state index contributed by atoms with van der Waals surface area (Å²) in [6.45, 7) is 0. The van der Waals surface area contributed by atoms with Gasteiger partial charge in [0, 0.05) is 0 Å². The number of hydrogen-bond donors (Lipinski definition) is 0. The third-order valence-electron chi connectivity index (χ3n) is 0. The van der Waals surface area contributed by atoms with E-state index >= 15 is 0 Å². The second-order valence-corrected chi connectivity index (χ2v) is 2.99. The SMILES string of the molecule is [K+].[K+].[K+].[O]=[Bi](=[O])[O-].[O]=[Ti]([O-])[O-]. The van der Waals surface area contributed by atoms with Gasteiger partial charge in [-0.2, -0.15) is 0 Å². The molecule has 0 rings (SSSR count). The predicted molar refractivity (Wildman–Crippen MR) is 7.81 cm³/mol. The van der Waals surface area contributed by atoms with Gasteiger partial charge in [0.25, 0.3) is 0 Å². The molecule has 0 aromatic heterocycles. The van der Waals surface area contributed by atoms with Crippen LogP contribution in [-0.2, 0) is 27.6 Å². The summed E-state index contributed by atoms with van der Waals surface area (Å²) in [7, 11) is 0. The van der Waals surface area contributed by atoms with Crippen molar-refractivity contribution in [1.29, 1.82) is 0 Å². The molecule has 0 spiro atoms. The Morgan fingerprint density at radius 3 is 1.00 bits per heavy atom. The predicted octanol–water partition coefficient (Wildman–Crippen LogP) is -13.3. The topological polar surface area (TPSA) is 120 Å². The molecule has 0 aromatic carbocycles. The summed E-state index contributed by atoms with van der Waals surface area (Å²) in [6.07, 6.45) is 0. The van der Waals surface area contributed by atoms with Crippen molar-refractivity contribution in [3.05, 3.63) is 0 Å². The Hall–Kier alpha value is 5.79. The van der Waals surface area contributed by atoms with E-state index in [-0.39, 0.29) is 154 Å². The second-order valence-electron chi connectivity index (χ2n) is 0.474. The monoisotopic (exact) mass is 470 g/mol. The number of rotatable bonds is 0. The van der Waals surface area contributed by atoms with Crippen molar-refractivity contribution >= 4 is 22.2 Å². The van der Waals surface area contributed by atoms with E-state index in [2.05, 4.69) is 0 Å². The molecule has 0 radical (unpaired) electrons. The zero-order valence-corrected chi connectivity index (χ0v) is 20.8. The van der Waals surface area contributed by atoms with E-state index in [1.165, 1.54) is 0 Å². The molecule has 11 heteroatoms. The molecular weight excluding hydrogens is 470 g/mol. The van der Waals surface area contributed by atoms with Crippen LogP contribution in [0.4, 0.5) is 0 Å². The molecule has 0 atom stereocenters. The average Bonchev–Trinajstić information content (AvgIpc) is 1.25. The molecule has 0 saturated heterocycles. The molecule has 0 amide bonds. The molecule has 0 heterocycles. The van der Waals surface area contributed by atoms with Crippen molar-refractivity contribution in [3.63, 3.8) is 0 Å². The minimum atomic E-state index is -4.34. The van der Waals surface area contributed by atoms with Gasteiger partial charge in [0.2, 0.25) is 0 Å². The molecule has 0 bridgehead atoms. The molecule has 0 aliphatic carbocycles. The molecule has 0 aromatic rings. The average molecular weight is 470 g/mol. The van der Waals surface area contributed by atoms with Crippen molar-refractivity contribution in [3.8, 4) is 0 Å². The molecule has 48 valence electrons. The molecule has 0 fully saturated rings. The summed E-state index contributed by atoms with van der Waals surface area (Å²) >= 11 is -8.43. The molecule has 6 nitrogen and oxygen atoms in total. The Balaban J connectivity index is -0.0000000171. The summed E-state index contributed by atoms with van der Waals surface area (Å²) in [5.41, 5.74) is 0. The van der Waals surface area contributed by atoms with Crippen LogP contribution in [0.2, 0.25) is 0 Å². The van der Waals surface area contributed by atoms with Crippen LogP contribution in [0.15, 0.2) is 0 Å². The van der Waals surface area contributed by atoms with Crippen molar-refractivity contribution in [2.24, 2.45) is 0 Å². The van der Waals surface area contributed by atoms with Gasteiger partial charge >= 0.3 is 214 Å². The molecule has 0 aliphatic rings. The third kappa shape index (κ3) is 89.6. The van der Waals surface area contributed by atoms with Crippen molar-refractivity contribution in [2.45, 2.75) is 0 Å². The Kier molecular flexibility index (Phi) is 68.0. The first-order chi connectivity index (χ1) is 3.46. The first kappa shape index (κ1) is 30.1. The molecule has 0 N–H and O–H groups in total. The number of hydrogen-bond acceptors (Lipinski definition) is 6. The van der Waals surface area contributed by atoms with E-state index in [4.69, 9.17) is 19.5 Å². The summed E-state index contributed by atoms with van der Waals surface area (Å²) in [5, 5.41) is 0. The summed E-state index contributed by atoms with van der Waals surface area (Å²) in [6, 6.07) is 0. The van der Waals surface area contributed by atoms with Crippen molar-refractivity contribution < 1.29 is 192 Å². The Morgan fingerprint density at radius 1 is 1.00 bits per heavy atom. The molecule has 0 aliphatic heterocycles. The van der Waals surface area contributed by atoms with E-state index in [1.54, 1.807) is 0 Å². The van der Waals surface area contributed by atoms with E-state index < -0.39 is 40.8 Å². The standard InChI is InChI=1S/Bi.3K.6O.Ti/q;3*+1;;;;3*-1;. The fraction of sp³-hybridized carbons (Fsp3) is 0. The van der Waals surface area contributed by atoms with Gasteiger partial charge in [0.1, 0.15) is 0 Å². The van der Waals surface area contributed by atoms with Crippen molar-refractivity contribution in [2.75, 3.05) is 0 Å². The Morgan fingerprint density at radius 2 is 1.00 bits per heavy atom. The van der Waals surface area contributed by atoms with E-state index in [9.17, 15) is 0 Å². The van der Waals surface area contributed by atoms with Crippen LogP contribution >= 0.6 is 0 Å². The van der Waals surface area contributed by atoms with Crippen LogP contribution in [0.25, 0.3) is 0 Å². The zero-order chi connectivity index (χ0) is 7.15. The van der Waals surface area contributed by atoms with Gasteiger partial charge < -0.3 is 0 Å². The van der Waals surface area contributed by atoms with Crippen LogP contribution in [0, 0.1) is 0 Å². The normalized spacial score (nSPS) is 4.64. The van der Waals surface area contributed by atoms with E-state index in [0.717, 1.165) is 0 Å². The van der Waals surface area contributed by atoms with Crippen LogP contribution in [0.3, 0.4) is 0 Å².